The second-order valence-electron chi connectivity index (χ2n) is 7.14. The lowest BCUT2D eigenvalue weighted by Gasteiger charge is -2.22. The number of ether oxygens (including phenoxy) is 2. The Morgan fingerprint density at radius 3 is 2.59 bits per heavy atom. The molecule has 2 aliphatic heterocycles. The lowest BCUT2D eigenvalue weighted by molar-refractivity contribution is 0.0104. The molecule has 0 radical (unpaired) electrons. The number of hydrogen-bond acceptors (Lipinski definition) is 4. The first kappa shape index (κ1) is 22.5. The Hall–Kier alpha value is -0.800. The van der Waals surface area contributed by atoms with Gasteiger partial charge in [0.1, 0.15) is 5.76 Å². The van der Waals surface area contributed by atoms with Gasteiger partial charge in [0.15, 0.2) is 5.96 Å². The van der Waals surface area contributed by atoms with Crippen LogP contribution in [0.1, 0.15) is 50.7 Å². The van der Waals surface area contributed by atoms with Crippen molar-refractivity contribution < 1.29 is 13.9 Å². The van der Waals surface area contributed by atoms with Crippen molar-refractivity contribution in [1.82, 2.24) is 10.6 Å². The fourth-order valence-electron chi connectivity index (χ4n) is 3.49. The van der Waals surface area contributed by atoms with Gasteiger partial charge in [-0.2, -0.15) is 0 Å². The Kier molecular flexibility index (Phi) is 11.2. The van der Waals surface area contributed by atoms with E-state index in [1.807, 2.05) is 12.1 Å². The molecule has 27 heavy (non-hydrogen) atoms. The average Bonchev–Trinajstić information content (AvgIpc) is 3.37. The summed E-state index contributed by atoms with van der Waals surface area (Å²) in [5, 5.41) is 6.87. The van der Waals surface area contributed by atoms with Crippen LogP contribution in [0.15, 0.2) is 27.8 Å². The van der Waals surface area contributed by atoms with Gasteiger partial charge in [0, 0.05) is 32.7 Å². The molecule has 2 saturated heterocycles. The molecule has 3 rings (SSSR count). The Morgan fingerprint density at radius 1 is 1.04 bits per heavy atom. The summed E-state index contributed by atoms with van der Waals surface area (Å²) < 4.78 is 16.9. The third kappa shape index (κ3) is 8.83. The topological polar surface area (TPSA) is 68.0 Å². The van der Waals surface area contributed by atoms with E-state index in [-0.39, 0.29) is 30.1 Å². The molecule has 2 N–H and O–H groups in total. The molecule has 1 aromatic heterocycles. The summed E-state index contributed by atoms with van der Waals surface area (Å²) in [7, 11) is 0. The summed E-state index contributed by atoms with van der Waals surface area (Å²) in [6.07, 6.45) is 11.5. The molecule has 2 aliphatic rings. The number of nitrogens with one attached hydrogen (secondary N) is 2. The van der Waals surface area contributed by atoms with Crippen LogP contribution in [0.25, 0.3) is 0 Å². The van der Waals surface area contributed by atoms with Gasteiger partial charge in [-0.15, -0.1) is 24.0 Å². The maximum atomic E-state index is 5.81. The van der Waals surface area contributed by atoms with E-state index >= 15 is 0 Å². The molecule has 0 bridgehead atoms. The maximum Gasteiger partial charge on any atom is 0.191 e. The quantitative estimate of drug-likeness (QED) is 0.240. The van der Waals surface area contributed by atoms with Crippen LogP contribution in [0.5, 0.6) is 0 Å². The number of furan rings is 1. The smallest absolute Gasteiger partial charge is 0.191 e. The summed E-state index contributed by atoms with van der Waals surface area (Å²) in [6.45, 7) is 4.24. The molecule has 7 heteroatoms. The van der Waals surface area contributed by atoms with E-state index in [1.54, 1.807) is 6.26 Å². The highest BCUT2D eigenvalue weighted by Crippen LogP contribution is 2.16. The van der Waals surface area contributed by atoms with Crippen LogP contribution in [-0.4, -0.2) is 51.0 Å². The first-order valence-corrected chi connectivity index (χ1v) is 10.2. The van der Waals surface area contributed by atoms with Gasteiger partial charge in [-0.1, -0.05) is 0 Å². The molecule has 1 aromatic rings. The minimum atomic E-state index is 0. The molecule has 2 unspecified atom stereocenters. The monoisotopic (exact) mass is 491 g/mol. The third-order valence-electron chi connectivity index (χ3n) is 4.99. The van der Waals surface area contributed by atoms with Gasteiger partial charge < -0.3 is 24.5 Å². The number of nitrogens with zero attached hydrogens (tertiary/aromatic N) is 1. The van der Waals surface area contributed by atoms with Gasteiger partial charge in [-0.25, -0.2) is 0 Å². The third-order valence-corrected chi connectivity index (χ3v) is 4.99. The highest BCUT2D eigenvalue weighted by Gasteiger charge is 2.15. The van der Waals surface area contributed by atoms with E-state index < -0.39 is 0 Å². The minimum absolute atomic E-state index is 0. The standard InChI is InChI=1S/C20H33N3O3.HI/c1-2-13-24-17(6-1)7-3-11-21-20(23-16-19-9-5-15-26-19)22-12-10-18-8-4-14-25-18;/h4,8,14,17,19H,1-3,5-7,9-13,15-16H2,(H2,21,22,23);1H. The second kappa shape index (κ2) is 13.4. The zero-order valence-corrected chi connectivity index (χ0v) is 18.5. The predicted molar refractivity (Wildman–Crippen MR) is 118 cm³/mol. The van der Waals surface area contributed by atoms with Crippen LogP contribution in [0, 0.1) is 0 Å². The highest BCUT2D eigenvalue weighted by atomic mass is 127. The van der Waals surface area contributed by atoms with Crippen molar-refractivity contribution in [3.63, 3.8) is 0 Å². The van der Waals surface area contributed by atoms with Crippen molar-refractivity contribution in [2.75, 3.05) is 32.8 Å². The molecule has 0 saturated carbocycles. The molecule has 2 fully saturated rings. The van der Waals surface area contributed by atoms with Gasteiger partial charge in [0.2, 0.25) is 0 Å². The molecule has 2 atom stereocenters. The van der Waals surface area contributed by atoms with Gasteiger partial charge in [0.25, 0.3) is 0 Å². The van der Waals surface area contributed by atoms with Crippen molar-refractivity contribution in [2.24, 2.45) is 4.99 Å². The average molecular weight is 491 g/mol. The van der Waals surface area contributed by atoms with Gasteiger partial charge in [0.05, 0.1) is 25.0 Å². The summed E-state index contributed by atoms with van der Waals surface area (Å²) in [5.74, 6) is 1.86. The maximum absolute atomic E-state index is 5.81. The Morgan fingerprint density at radius 2 is 1.85 bits per heavy atom. The van der Waals surface area contributed by atoms with E-state index in [4.69, 9.17) is 18.9 Å². The first-order valence-electron chi connectivity index (χ1n) is 10.2. The number of hydrogen-bond donors (Lipinski definition) is 2. The number of aliphatic imine (C=N–C) groups is 1. The highest BCUT2D eigenvalue weighted by molar-refractivity contribution is 14.0. The molecule has 0 aromatic carbocycles. The SMILES string of the molecule is I.c1coc(CCNC(=NCC2CCCO2)NCCCC2CCCCO2)c1. The summed E-state index contributed by atoms with van der Waals surface area (Å²) in [5.41, 5.74) is 0. The lowest BCUT2D eigenvalue weighted by Crippen LogP contribution is -2.39. The zero-order chi connectivity index (χ0) is 17.9. The molecule has 3 heterocycles. The van der Waals surface area contributed by atoms with E-state index in [0.29, 0.717) is 6.10 Å². The van der Waals surface area contributed by atoms with Crippen molar-refractivity contribution in [2.45, 2.75) is 63.6 Å². The van der Waals surface area contributed by atoms with Crippen LogP contribution < -0.4 is 10.6 Å². The molecule has 154 valence electrons. The fourth-order valence-corrected chi connectivity index (χ4v) is 3.49. The van der Waals surface area contributed by atoms with Crippen LogP contribution in [0.3, 0.4) is 0 Å². The summed E-state index contributed by atoms with van der Waals surface area (Å²) >= 11 is 0. The molecule has 0 aliphatic carbocycles. The lowest BCUT2D eigenvalue weighted by atomic mass is 10.0. The van der Waals surface area contributed by atoms with Gasteiger partial charge >= 0.3 is 0 Å². The summed E-state index contributed by atoms with van der Waals surface area (Å²) in [6, 6.07) is 3.93. The van der Waals surface area contributed by atoms with E-state index in [2.05, 4.69) is 10.6 Å². The van der Waals surface area contributed by atoms with Crippen LogP contribution in [0.4, 0.5) is 0 Å². The molecular weight excluding hydrogens is 457 g/mol. The van der Waals surface area contributed by atoms with E-state index in [1.165, 1.54) is 19.3 Å². The van der Waals surface area contributed by atoms with Gasteiger partial charge in [-0.3, -0.25) is 4.99 Å². The Labute approximate surface area is 179 Å². The normalized spacial score (nSPS) is 23.0. The van der Waals surface area contributed by atoms with Crippen LogP contribution in [0.2, 0.25) is 0 Å². The predicted octanol–water partition coefficient (Wildman–Crippen LogP) is 3.50. The van der Waals surface area contributed by atoms with E-state index in [9.17, 15) is 0 Å². The van der Waals surface area contributed by atoms with E-state index in [0.717, 1.165) is 76.7 Å². The van der Waals surface area contributed by atoms with Crippen molar-refractivity contribution in [3.05, 3.63) is 24.2 Å². The number of rotatable bonds is 9. The van der Waals surface area contributed by atoms with Crippen LogP contribution >= 0.6 is 24.0 Å². The zero-order valence-electron chi connectivity index (χ0n) is 16.2. The van der Waals surface area contributed by atoms with Crippen molar-refractivity contribution >= 4 is 29.9 Å². The van der Waals surface area contributed by atoms with Crippen molar-refractivity contribution in [3.8, 4) is 0 Å². The largest absolute Gasteiger partial charge is 0.469 e. The van der Waals surface area contributed by atoms with Crippen molar-refractivity contribution in [1.29, 1.82) is 0 Å². The fraction of sp³-hybridized carbons (Fsp3) is 0.750. The Bertz CT molecular complexity index is 513. The first-order chi connectivity index (χ1) is 12.9. The number of guanidine groups is 1. The number of halogens is 1. The Balaban J connectivity index is 0.00000261. The summed E-state index contributed by atoms with van der Waals surface area (Å²) in [4.78, 5) is 4.72. The molecule has 6 nitrogen and oxygen atoms in total. The molecular formula is C20H34IN3O3. The minimum Gasteiger partial charge on any atom is -0.469 e. The molecule has 0 amide bonds. The second-order valence-corrected chi connectivity index (χ2v) is 7.14. The van der Waals surface area contributed by atoms with Gasteiger partial charge in [-0.05, 0) is 57.1 Å². The molecule has 0 spiro atoms. The van der Waals surface area contributed by atoms with Crippen LogP contribution in [-0.2, 0) is 15.9 Å².